The van der Waals surface area contributed by atoms with E-state index in [2.05, 4.69) is 37.9 Å². The Bertz CT molecular complexity index is 1190. The Balaban J connectivity index is 1.66. The van der Waals surface area contributed by atoms with Gasteiger partial charge in [0.05, 0.1) is 11.9 Å². The van der Waals surface area contributed by atoms with Crippen molar-refractivity contribution in [3.63, 3.8) is 0 Å². The molecule has 0 unspecified atom stereocenters. The number of hydrogen-bond acceptors (Lipinski definition) is 4. The molecular weight excluding hydrogens is 402 g/mol. The third kappa shape index (κ3) is 4.52. The average molecular weight is 426 g/mol. The molecule has 4 aromatic rings. The highest BCUT2D eigenvalue weighted by Gasteiger charge is 2.16. The minimum absolute atomic E-state index is 0.421. The van der Waals surface area contributed by atoms with Crippen molar-refractivity contribution in [2.45, 2.75) is 32.8 Å². The van der Waals surface area contributed by atoms with Crippen LogP contribution in [-0.2, 0) is 11.2 Å². The summed E-state index contributed by atoms with van der Waals surface area (Å²) in [4.78, 5) is 15.5. The standard InChI is InChI=1S/C22H24ClN5O2/c1-22(2,3)30-21(29)24-7-6-13-8-15(27-16-11-25-26-12-16)10-18-17-9-14(23)4-5-19(17)28-20(13)18/h4-5,8-12,27-28H,6-7H2,1-3H3,(H,24,29)(H,25,26). The van der Waals surface area contributed by atoms with Gasteiger partial charge in [0, 0.05) is 45.3 Å². The molecule has 0 bridgehead atoms. The second-order valence-electron chi connectivity index (χ2n) is 8.16. The van der Waals surface area contributed by atoms with Gasteiger partial charge in [-0.15, -0.1) is 0 Å². The molecule has 0 spiro atoms. The molecule has 30 heavy (non-hydrogen) atoms. The lowest BCUT2D eigenvalue weighted by Crippen LogP contribution is -2.33. The van der Waals surface area contributed by atoms with Crippen LogP contribution in [0.15, 0.2) is 42.7 Å². The van der Waals surface area contributed by atoms with Gasteiger partial charge in [-0.2, -0.15) is 5.10 Å². The van der Waals surface area contributed by atoms with Gasteiger partial charge in [0.25, 0.3) is 0 Å². The number of alkyl carbamates (subject to hydrolysis) is 1. The molecule has 7 nitrogen and oxygen atoms in total. The van der Waals surface area contributed by atoms with Gasteiger partial charge < -0.3 is 20.4 Å². The van der Waals surface area contributed by atoms with E-state index in [0.29, 0.717) is 18.0 Å². The van der Waals surface area contributed by atoms with Crippen LogP contribution < -0.4 is 10.6 Å². The van der Waals surface area contributed by atoms with Crippen molar-refractivity contribution < 1.29 is 9.53 Å². The van der Waals surface area contributed by atoms with Gasteiger partial charge in [-0.05, 0) is 63.1 Å². The fourth-order valence-corrected chi connectivity index (χ4v) is 3.59. The van der Waals surface area contributed by atoms with Crippen LogP contribution in [0, 0.1) is 0 Å². The lowest BCUT2D eigenvalue weighted by atomic mass is 10.0. The van der Waals surface area contributed by atoms with Gasteiger partial charge in [0.2, 0.25) is 0 Å². The smallest absolute Gasteiger partial charge is 0.407 e. The summed E-state index contributed by atoms with van der Waals surface area (Å²) >= 11 is 6.24. The maximum absolute atomic E-state index is 12.0. The van der Waals surface area contributed by atoms with E-state index < -0.39 is 11.7 Å². The molecule has 0 atom stereocenters. The molecule has 8 heteroatoms. The number of rotatable bonds is 5. The molecule has 1 amide bonds. The zero-order valence-corrected chi connectivity index (χ0v) is 17.9. The Labute approximate surface area is 179 Å². The largest absolute Gasteiger partial charge is 0.444 e. The van der Waals surface area contributed by atoms with Crippen molar-refractivity contribution in [3.8, 4) is 0 Å². The number of benzene rings is 2. The Morgan fingerprint density at radius 3 is 2.73 bits per heavy atom. The van der Waals surface area contributed by atoms with Gasteiger partial charge in [-0.1, -0.05) is 11.6 Å². The number of aromatic amines is 2. The van der Waals surface area contributed by atoms with E-state index in [0.717, 1.165) is 38.7 Å². The zero-order chi connectivity index (χ0) is 21.3. The van der Waals surface area contributed by atoms with Gasteiger partial charge in [-0.3, -0.25) is 5.10 Å². The van der Waals surface area contributed by atoms with Crippen LogP contribution in [0.1, 0.15) is 26.3 Å². The molecule has 0 aliphatic carbocycles. The number of H-pyrrole nitrogens is 2. The van der Waals surface area contributed by atoms with Crippen molar-refractivity contribution in [2.24, 2.45) is 0 Å². The van der Waals surface area contributed by atoms with Crippen LogP contribution in [0.5, 0.6) is 0 Å². The van der Waals surface area contributed by atoms with E-state index in [1.54, 1.807) is 12.4 Å². The third-order valence-corrected chi connectivity index (χ3v) is 4.84. The predicted octanol–water partition coefficient (Wildman–Crippen LogP) is 5.51. The second kappa shape index (κ2) is 7.91. The number of nitrogens with zero attached hydrogens (tertiary/aromatic N) is 1. The topological polar surface area (TPSA) is 94.8 Å². The van der Waals surface area contributed by atoms with E-state index >= 15 is 0 Å². The third-order valence-electron chi connectivity index (χ3n) is 4.60. The SMILES string of the molecule is CC(C)(C)OC(=O)NCCc1cc(Nc2cn[nH]c2)cc2c1[nH]c1ccc(Cl)cc12. The first-order chi connectivity index (χ1) is 14.3. The van der Waals surface area contributed by atoms with Crippen LogP contribution in [0.25, 0.3) is 21.8 Å². The number of fused-ring (bicyclic) bond motifs is 3. The average Bonchev–Trinajstić information content (AvgIpc) is 3.28. The van der Waals surface area contributed by atoms with Gasteiger partial charge in [-0.25, -0.2) is 4.79 Å². The minimum atomic E-state index is -0.526. The Morgan fingerprint density at radius 2 is 2.00 bits per heavy atom. The van der Waals surface area contributed by atoms with Gasteiger partial charge in [0.1, 0.15) is 5.60 Å². The van der Waals surface area contributed by atoms with Crippen LogP contribution in [-0.4, -0.2) is 33.4 Å². The molecule has 0 fully saturated rings. The van der Waals surface area contributed by atoms with E-state index in [9.17, 15) is 4.79 Å². The summed E-state index contributed by atoms with van der Waals surface area (Å²) in [5.74, 6) is 0. The first-order valence-corrected chi connectivity index (χ1v) is 10.1. The van der Waals surface area contributed by atoms with Gasteiger partial charge in [0.15, 0.2) is 0 Å². The number of carbonyl (C=O) groups excluding carboxylic acids is 1. The van der Waals surface area contributed by atoms with E-state index in [1.807, 2.05) is 39.0 Å². The summed E-state index contributed by atoms with van der Waals surface area (Å²) in [6.45, 7) is 5.99. The van der Waals surface area contributed by atoms with Crippen molar-refractivity contribution in [2.75, 3.05) is 11.9 Å². The normalized spacial score (nSPS) is 11.7. The molecule has 0 saturated carbocycles. The Hall–Kier alpha value is -3.19. The molecule has 0 saturated heterocycles. The summed E-state index contributed by atoms with van der Waals surface area (Å²) in [6.07, 6.45) is 3.73. The fourth-order valence-electron chi connectivity index (χ4n) is 3.41. The monoisotopic (exact) mass is 425 g/mol. The highest BCUT2D eigenvalue weighted by molar-refractivity contribution is 6.31. The number of ether oxygens (including phenoxy) is 1. The van der Waals surface area contributed by atoms with E-state index in [-0.39, 0.29) is 0 Å². The van der Waals surface area contributed by atoms with E-state index in [4.69, 9.17) is 16.3 Å². The Morgan fingerprint density at radius 1 is 1.17 bits per heavy atom. The number of nitrogens with one attached hydrogen (secondary N) is 4. The first-order valence-electron chi connectivity index (χ1n) is 9.75. The molecule has 2 aromatic heterocycles. The lowest BCUT2D eigenvalue weighted by Gasteiger charge is -2.19. The van der Waals surface area contributed by atoms with Crippen LogP contribution >= 0.6 is 11.6 Å². The number of anilines is 2. The number of carbonyl (C=O) groups is 1. The molecule has 4 N–H and O–H groups in total. The molecule has 0 aliphatic heterocycles. The van der Waals surface area contributed by atoms with Crippen molar-refractivity contribution in [1.29, 1.82) is 0 Å². The van der Waals surface area contributed by atoms with Crippen molar-refractivity contribution >= 4 is 50.9 Å². The summed E-state index contributed by atoms with van der Waals surface area (Å²) in [6, 6.07) is 9.96. The molecule has 0 aliphatic rings. The molecular formula is C22H24ClN5O2. The molecule has 2 aromatic carbocycles. The fraction of sp³-hybridized carbons (Fsp3) is 0.273. The summed E-state index contributed by atoms with van der Waals surface area (Å²) < 4.78 is 5.32. The quantitative estimate of drug-likeness (QED) is 0.339. The van der Waals surface area contributed by atoms with Crippen LogP contribution in [0.4, 0.5) is 16.2 Å². The summed E-state index contributed by atoms with van der Waals surface area (Å²) in [5, 5.41) is 15.8. The minimum Gasteiger partial charge on any atom is -0.444 e. The molecule has 156 valence electrons. The molecule has 4 rings (SSSR count). The second-order valence-corrected chi connectivity index (χ2v) is 8.60. The van der Waals surface area contributed by atoms with Gasteiger partial charge >= 0.3 is 6.09 Å². The Kier molecular flexibility index (Phi) is 5.30. The van der Waals surface area contributed by atoms with Crippen molar-refractivity contribution in [1.82, 2.24) is 20.5 Å². The highest BCUT2D eigenvalue weighted by Crippen LogP contribution is 2.33. The summed E-state index contributed by atoms with van der Waals surface area (Å²) in [5.41, 5.74) is 4.37. The zero-order valence-electron chi connectivity index (χ0n) is 17.1. The van der Waals surface area contributed by atoms with Crippen LogP contribution in [0.3, 0.4) is 0 Å². The number of aromatic nitrogens is 3. The first kappa shape index (κ1) is 20.1. The van der Waals surface area contributed by atoms with Crippen LogP contribution in [0.2, 0.25) is 5.02 Å². The maximum Gasteiger partial charge on any atom is 0.407 e. The predicted molar refractivity (Wildman–Crippen MR) is 121 cm³/mol. The molecule has 0 radical (unpaired) electrons. The molecule has 2 heterocycles. The lowest BCUT2D eigenvalue weighted by molar-refractivity contribution is 0.0528. The van der Waals surface area contributed by atoms with E-state index in [1.165, 1.54) is 0 Å². The number of amides is 1. The van der Waals surface area contributed by atoms with Crippen molar-refractivity contribution in [3.05, 3.63) is 53.3 Å². The number of hydrogen-bond donors (Lipinski definition) is 4. The highest BCUT2D eigenvalue weighted by atomic mass is 35.5. The summed E-state index contributed by atoms with van der Waals surface area (Å²) in [7, 11) is 0. The number of halogens is 1. The maximum atomic E-state index is 12.0.